The van der Waals surface area contributed by atoms with Crippen LogP contribution in [0.15, 0.2) is 11.2 Å². The Morgan fingerprint density at radius 2 is 2.73 bits per heavy atom. The number of rotatable bonds is 2. The summed E-state index contributed by atoms with van der Waals surface area (Å²) in [5.41, 5.74) is 0. The first-order valence-corrected chi connectivity index (χ1v) is 4.05. The lowest BCUT2D eigenvalue weighted by Gasteiger charge is -2.06. The molecule has 11 heavy (non-hydrogen) atoms. The predicted molar refractivity (Wildman–Crippen MR) is 41.3 cm³/mol. The minimum absolute atomic E-state index is 0.196. The second-order valence-corrected chi connectivity index (χ2v) is 2.89. The number of esters is 1. The van der Waals surface area contributed by atoms with Crippen molar-refractivity contribution >= 4 is 29.5 Å². The van der Waals surface area contributed by atoms with Crippen molar-refractivity contribution in [3.05, 3.63) is 11.2 Å². The van der Waals surface area contributed by atoms with Gasteiger partial charge in [0.1, 0.15) is 17.2 Å². The van der Waals surface area contributed by atoms with Crippen LogP contribution in [0.1, 0.15) is 0 Å². The zero-order chi connectivity index (χ0) is 8.27. The van der Waals surface area contributed by atoms with Crippen molar-refractivity contribution in [3.63, 3.8) is 0 Å². The van der Waals surface area contributed by atoms with Gasteiger partial charge in [-0.05, 0) is 0 Å². The molecule has 62 valence electrons. The third kappa shape index (κ3) is 2.02. The highest BCUT2D eigenvalue weighted by molar-refractivity contribution is 8.01. The molecule has 0 saturated carbocycles. The highest BCUT2D eigenvalue weighted by Crippen LogP contribution is 2.29. The van der Waals surface area contributed by atoms with E-state index in [-0.39, 0.29) is 6.00 Å². The summed E-state index contributed by atoms with van der Waals surface area (Å²) in [6.45, 7) is 0. The minimum Gasteiger partial charge on any atom is -0.465 e. The van der Waals surface area contributed by atoms with Gasteiger partial charge in [-0.3, -0.25) is 0 Å². The van der Waals surface area contributed by atoms with Gasteiger partial charge in [-0.2, -0.15) is 0 Å². The van der Waals surface area contributed by atoms with Crippen LogP contribution >= 0.6 is 23.5 Å². The lowest BCUT2D eigenvalue weighted by molar-refractivity contribution is -0.135. The number of alkyl halides is 1. The number of carbonyl (C=O) groups is 1. The van der Waals surface area contributed by atoms with Gasteiger partial charge in [-0.25, -0.2) is 4.79 Å². The fourth-order valence-corrected chi connectivity index (χ4v) is 1.30. The van der Waals surface area contributed by atoms with Crippen molar-refractivity contribution in [1.82, 2.24) is 4.47 Å². The van der Waals surface area contributed by atoms with E-state index in [1.807, 2.05) is 0 Å². The van der Waals surface area contributed by atoms with Crippen LogP contribution in [-0.4, -0.2) is 23.6 Å². The number of hydrogen-bond acceptors (Lipinski definition) is 5. The second kappa shape index (κ2) is 3.85. The number of hydrogen-bond donors (Lipinski definition) is 0. The predicted octanol–water partition coefficient (Wildman–Crippen LogP) is 1.09. The van der Waals surface area contributed by atoms with Crippen LogP contribution in [0.25, 0.3) is 0 Å². The molecule has 1 heterocycles. The number of hydroxylamine groups is 1. The molecule has 0 bridgehead atoms. The van der Waals surface area contributed by atoms with Crippen LogP contribution in [-0.2, 0) is 14.4 Å². The van der Waals surface area contributed by atoms with E-state index in [0.29, 0.717) is 4.91 Å². The third-order valence-electron chi connectivity index (χ3n) is 0.962. The smallest absolute Gasteiger partial charge is 0.349 e. The molecule has 0 aliphatic carbocycles. The maximum Gasteiger partial charge on any atom is 0.349 e. The number of halogens is 1. The molecule has 1 rings (SSSR count). The summed E-state index contributed by atoms with van der Waals surface area (Å²) in [6, 6.07) is 0.196. The molecule has 0 N–H and O–H groups in total. The quantitative estimate of drug-likeness (QED) is 0.286. The molecule has 0 radical (unpaired) electrons. The van der Waals surface area contributed by atoms with E-state index in [4.69, 9.17) is 16.4 Å². The fraction of sp³-hybridized carbons (Fsp3) is 0.400. The maximum atomic E-state index is 10.8. The molecule has 4 nitrogen and oxygen atoms in total. The Balaban J connectivity index is 2.45. The van der Waals surface area contributed by atoms with E-state index in [1.54, 1.807) is 0 Å². The van der Waals surface area contributed by atoms with Crippen molar-refractivity contribution in [1.29, 1.82) is 0 Å². The van der Waals surface area contributed by atoms with E-state index in [1.165, 1.54) is 17.8 Å². The molecule has 1 aliphatic rings. The summed E-state index contributed by atoms with van der Waals surface area (Å²) in [6.07, 6.45) is 1.30. The lowest BCUT2D eigenvalue weighted by atomic mass is 10.6. The van der Waals surface area contributed by atoms with Gasteiger partial charge in [-0.1, -0.05) is 4.47 Å². The number of nitrogens with zero attached hydrogens (tertiary/aromatic N) is 1. The van der Waals surface area contributed by atoms with Crippen molar-refractivity contribution in [2.75, 3.05) is 13.1 Å². The topological polar surface area (TPSA) is 38.8 Å². The zero-order valence-corrected chi connectivity index (χ0v) is 7.32. The largest absolute Gasteiger partial charge is 0.465 e. The first-order valence-electron chi connectivity index (χ1n) is 2.74. The van der Waals surface area contributed by atoms with Gasteiger partial charge in [0.15, 0.2) is 0 Å². The third-order valence-corrected chi connectivity index (χ3v) is 2.20. The van der Waals surface area contributed by atoms with Crippen molar-refractivity contribution in [3.8, 4) is 0 Å². The molecule has 0 atom stereocenters. The van der Waals surface area contributed by atoms with Crippen molar-refractivity contribution < 1.29 is 14.4 Å². The van der Waals surface area contributed by atoms with E-state index in [9.17, 15) is 4.79 Å². The van der Waals surface area contributed by atoms with Crippen LogP contribution in [0, 0.1) is 0 Å². The number of ether oxygens (including phenoxy) is 1. The molecule has 6 heteroatoms. The monoisotopic (exact) mass is 195 g/mol. The SMILES string of the molecule is COC(=O)C1=CON(CCl)S1. The second-order valence-electron chi connectivity index (χ2n) is 1.62. The van der Waals surface area contributed by atoms with Gasteiger partial charge in [0.05, 0.1) is 7.11 Å². The number of carbonyl (C=O) groups excluding carboxylic acids is 1. The molecular formula is C5H6ClNO3S. The molecule has 1 aliphatic heterocycles. The summed E-state index contributed by atoms with van der Waals surface area (Å²) >= 11 is 6.52. The molecule has 0 unspecified atom stereocenters. The van der Waals surface area contributed by atoms with Gasteiger partial charge in [-0.15, -0.1) is 11.6 Å². The summed E-state index contributed by atoms with van der Waals surface area (Å²) in [7, 11) is 1.31. The van der Waals surface area contributed by atoms with Gasteiger partial charge >= 0.3 is 5.97 Å². The molecule has 0 amide bonds. The van der Waals surface area contributed by atoms with Crippen LogP contribution in [0.3, 0.4) is 0 Å². The van der Waals surface area contributed by atoms with E-state index in [0.717, 1.165) is 11.9 Å². The summed E-state index contributed by atoms with van der Waals surface area (Å²) in [4.78, 5) is 16.1. The van der Waals surface area contributed by atoms with Gasteiger partial charge < -0.3 is 9.57 Å². The molecule has 0 aromatic rings. The van der Waals surface area contributed by atoms with Crippen LogP contribution in [0.4, 0.5) is 0 Å². The van der Waals surface area contributed by atoms with Crippen LogP contribution < -0.4 is 0 Å². The van der Waals surface area contributed by atoms with Gasteiger partial charge in [0.2, 0.25) is 0 Å². The van der Waals surface area contributed by atoms with Gasteiger partial charge in [0.25, 0.3) is 0 Å². The van der Waals surface area contributed by atoms with Crippen molar-refractivity contribution in [2.24, 2.45) is 0 Å². The summed E-state index contributed by atoms with van der Waals surface area (Å²) < 4.78 is 5.80. The standard InChI is InChI=1S/C5H6ClNO3S/c1-9-5(8)4-2-10-7(3-6)11-4/h2H,3H2,1H3. The van der Waals surface area contributed by atoms with E-state index < -0.39 is 5.97 Å². The Kier molecular flexibility index (Phi) is 3.04. The van der Waals surface area contributed by atoms with E-state index in [2.05, 4.69) is 4.74 Å². The van der Waals surface area contributed by atoms with Gasteiger partial charge in [0, 0.05) is 11.9 Å². The summed E-state index contributed by atoms with van der Waals surface area (Å²) in [5.74, 6) is -0.414. The molecular weight excluding hydrogens is 190 g/mol. The molecule has 0 aromatic heterocycles. The van der Waals surface area contributed by atoms with Crippen molar-refractivity contribution in [2.45, 2.75) is 0 Å². The number of methoxy groups -OCH3 is 1. The molecule has 0 fully saturated rings. The minimum atomic E-state index is -0.414. The van der Waals surface area contributed by atoms with Crippen LogP contribution in [0.2, 0.25) is 0 Å². The highest BCUT2D eigenvalue weighted by atomic mass is 35.5. The Morgan fingerprint density at radius 1 is 2.00 bits per heavy atom. The average Bonchev–Trinajstić information content (AvgIpc) is 2.50. The maximum absolute atomic E-state index is 10.8. The zero-order valence-electron chi connectivity index (χ0n) is 5.74. The molecule has 0 saturated heterocycles. The normalized spacial score (nSPS) is 17.5. The molecule has 0 aromatic carbocycles. The first kappa shape index (κ1) is 8.70. The average molecular weight is 196 g/mol. The Morgan fingerprint density at radius 3 is 3.18 bits per heavy atom. The van der Waals surface area contributed by atoms with Crippen LogP contribution in [0.5, 0.6) is 0 Å². The highest BCUT2D eigenvalue weighted by Gasteiger charge is 2.22. The fourth-order valence-electron chi connectivity index (χ4n) is 0.498. The Hall–Kier alpha value is -0.390. The summed E-state index contributed by atoms with van der Waals surface area (Å²) in [5, 5.41) is 0. The lowest BCUT2D eigenvalue weighted by Crippen LogP contribution is -2.07. The first-order chi connectivity index (χ1) is 5.27. The Bertz CT molecular complexity index is 196. The van der Waals surface area contributed by atoms with E-state index >= 15 is 0 Å². The Labute approximate surface area is 73.2 Å². The molecule has 0 spiro atoms.